The van der Waals surface area contributed by atoms with E-state index in [-0.39, 0.29) is 18.0 Å². The number of hydrogen-bond acceptors (Lipinski definition) is 3. The summed E-state index contributed by atoms with van der Waals surface area (Å²) >= 11 is 0. The molecule has 2 atom stereocenters. The molecule has 1 aliphatic heterocycles. The first-order valence-electron chi connectivity index (χ1n) is 8.60. The quantitative estimate of drug-likeness (QED) is 0.876. The summed E-state index contributed by atoms with van der Waals surface area (Å²) in [6, 6.07) is 15.0. The Balaban J connectivity index is 1.73. The second-order valence-electron chi connectivity index (χ2n) is 6.38. The first-order chi connectivity index (χ1) is 11.7. The van der Waals surface area contributed by atoms with Gasteiger partial charge in [-0.3, -0.25) is 0 Å². The lowest BCUT2D eigenvalue weighted by Gasteiger charge is -2.24. The van der Waals surface area contributed by atoms with Crippen molar-refractivity contribution in [3.63, 3.8) is 0 Å². The van der Waals surface area contributed by atoms with Gasteiger partial charge in [0.05, 0.1) is 12.6 Å². The molecule has 1 aliphatic rings. The minimum Gasteiger partial charge on any atom is -0.405 e. The van der Waals surface area contributed by atoms with Gasteiger partial charge in [0, 0.05) is 6.04 Å². The molecular weight excluding hydrogens is 305 g/mol. The van der Waals surface area contributed by atoms with E-state index in [2.05, 4.69) is 19.1 Å². The Morgan fingerprint density at radius 3 is 2.71 bits per heavy atom. The van der Waals surface area contributed by atoms with Crippen molar-refractivity contribution in [3.8, 4) is 5.75 Å². The highest BCUT2D eigenvalue weighted by Crippen LogP contribution is 2.27. The summed E-state index contributed by atoms with van der Waals surface area (Å²) in [7, 11) is 0. The van der Waals surface area contributed by atoms with E-state index in [1.165, 1.54) is 11.6 Å². The molecule has 0 aliphatic carbocycles. The fourth-order valence-corrected chi connectivity index (χ4v) is 3.23. The molecule has 0 radical (unpaired) electrons. The molecule has 3 rings (SSSR count). The molecule has 128 valence electrons. The number of β-amino-alcohol motifs (C(OH)–C–C–N with tert-alkyl or cyclic N) is 1. The van der Waals surface area contributed by atoms with Gasteiger partial charge in [0.15, 0.2) is 5.75 Å². The van der Waals surface area contributed by atoms with E-state index in [9.17, 15) is 9.50 Å². The normalized spacial score (nSPS) is 21.1. The molecule has 2 aromatic carbocycles. The summed E-state index contributed by atoms with van der Waals surface area (Å²) in [5.74, 6) is 0.429. The third-order valence-electron chi connectivity index (χ3n) is 4.58. The molecule has 2 unspecified atom stereocenters. The van der Waals surface area contributed by atoms with Crippen LogP contribution in [-0.2, 0) is 12.8 Å². The number of hydrogen-bond donors (Lipinski definition) is 1. The molecule has 0 saturated carbocycles. The summed E-state index contributed by atoms with van der Waals surface area (Å²) in [5, 5.41) is 11.7. The molecule has 1 fully saturated rings. The van der Waals surface area contributed by atoms with E-state index in [4.69, 9.17) is 4.84 Å². The highest BCUT2D eigenvalue weighted by Gasteiger charge is 2.31. The predicted octanol–water partition coefficient (Wildman–Crippen LogP) is 3.75. The average molecular weight is 329 g/mol. The van der Waals surface area contributed by atoms with Crippen molar-refractivity contribution in [1.29, 1.82) is 0 Å². The van der Waals surface area contributed by atoms with Crippen LogP contribution < -0.4 is 4.84 Å². The van der Waals surface area contributed by atoms with Gasteiger partial charge in [-0.2, -0.15) is 0 Å². The fourth-order valence-electron chi connectivity index (χ4n) is 3.23. The molecular formula is C20H24FNO2. The number of benzene rings is 2. The van der Waals surface area contributed by atoms with E-state index in [1.807, 2.05) is 23.3 Å². The third-order valence-corrected chi connectivity index (χ3v) is 4.58. The predicted molar refractivity (Wildman–Crippen MR) is 92.3 cm³/mol. The highest BCUT2D eigenvalue weighted by molar-refractivity contribution is 5.35. The summed E-state index contributed by atoms with van der Waals surface area (Å²) in [5.41, 5.74) is 2.07. The molecule has 2 aromatic rings. The van der Waals surface area contributed by atoms with Crippen molar-refractivity contribution < 1.29 is 14.3 Å². The Kier molecular flexibility index (Phi) is 5.48. The maximum atomic E-state index is 13.7. The zero-order chi connectivity index (χ0) is 16.9. The molecule has 1 saturated heterocycles. The number of nitrogens with zero attached hydrogens (tertiary/aromatic N) is 1. The van der Waals surface area contributed by atoms with Crippen molar-refractivity contribution in [2.24, 2.45) is 0 Å². The molecule has 0 amide bonds. The van der Waals surface area contributed by atoms with Crippen molar-refractivity contribution >= 4 is 0 Å². The maximum Gasteiger partial charge on any atom is 0.150 e. The third kappa shape index (κ3) is 4.13. The van der Waals surface area contributed by atoms with Crippen LogP contribution >= 0.6 is 0 Å². The van der Waals surface area contributed by atoms with Gasteiger partial charge in [0.1, 0.15) is 5.82 Å². The van der Waals surface area contributed by atoms with Gasteiger partial charge in [0.25, 0.3) is 0 Å². The number of hydroxylamine groups is 2. The van der Waals surface area contributed by atoms with Gasteiger partial charge in [-0.1, -0.05) is 37.3 Å². The molecule has 4 heteroatoms. The van der Waals surface area contributed by atoms with E-state index >= 15 is 0 Å². The van der Waals surface area contributed by atoms with E-state index in [0.29, 0.717) is 18.7 Å². The Labute approximate surface area is 142 Å². The van der Waals surface area contributed by atoms with Crippen LogP contribution in [0.3, 0.4) is 0 Å². The van der Waals surface area contributed by atoms with Crippen molar-refractivity contribution in [1.82, 2.24) is 5.06 Å². The van der Waals surface area contributed by atoms with Gasteiger partial charge < -0.3 is 9.94 Å². The van der Waals surface area contributed by atoms with Crippen LogP contribution in [0.5, 0.6) is 5.75 Å². The molecule has 0 spiro atoms. The van der Waals surface area contributed by atoms with Gasteiger partial charge in [-0.05, 0) is 55.0 Å². The van der Waals surface area contributed by atoms with Gasteiger partial charge >= 0.3 is 0 Å². The first-order valence-corrected chi connectivity index (χ1v) is 8.60. The molecule has 3 nitrogen and oxygen atoms in total. The average Bonchev–Trinajstić information content (AvgIpc) is 2.95. The Bertz CT molecular complexity index is 662. The molecule has 1 heterocycles. The largest absolute Gasteiger partial charge is 0.405 e. The molecule has 0 aromatic heterocycles. The maximum absolute atomic E-state index is 13.7. The number of rotatable bonds is 6. The second-order valence-corrected chi connectivity index (χ2v) is 6.38. The molecule has 24 heavy (non-hydrogen) atoms. The Hall–Kier alpha value is -1.91. The van der Waals surface area contributed by atoms with Crippen LogP contribution in [0.1, 0.15) is 30.9 Å². The molecule has 1 N–H and O–H groups in total. The van der Waals surface area contributed by atoms with E-state index in [0.717, 1.165) is 24.8 Å². The summed E-state index contributed by atoms with van der Waals surface area (Å²) in [6.45, 7) is 2.58. The zero-order valence-electron chi connectivity index (χ0n) is 14.0. The van der Waals surface area contributed by atoms with E-state index in [1.54, 1.807) is 12.1 Å². The van der Waals surface area contributed by atoms with Crippen molar-refractivity contribution in [2.75, 3.05) is 6.54 Å². The van der Waals surface area contributed by atoms with Crippen LogP contribution in [0, 0.1) is 5.82 Å². The van der Waals surface area contributed by atoms with Crippen LogP contribution in [0.25, 0.3) is 0 Å². The highest BCUT2D eigenvalue weighted by atomic mass is 19.1. The topological polar surface area (TPSA) is 32.7 Å². The summed E-state index contributed by atoms with van der Waals surface area (Å²) in [4.78, 5) is 6.03. The van der Waals surface area contributed by atoms with Crippen LogP contribution in [0.2, 0.25) is 0 Å². The Morgan fingerprint density at radius 1 is 1.17 bits per heavy atom. The Morgan fingerprint density at radius 2 is 1.96 bits per heavy atom. The van der Waals surface area contributed by atoms with Crippen LogP contribution in [-0.4, -0.2) is 28.9 Å². The zero-order valence-corrected chi connectivity index (χ0v) is 14.0. The lowest BCUT2D eigenvalue weighted by atomic mass is 10.0. The fraction of sp³-hybridized carbons (Fsp3) is 0.400. The monoisotopic (exact) mass is 329 g/mol. The number of halogens is 1. The van der Waals surface area contributed by atoms with Crippen LogP contribution in [0.15, 0.2) is 48.5 Å². The minimum absolute atomic E-state index is 0.201. The molecule has 0 bridgehead atoms. The van der Waals surface area contributed by atoms with Crippen molar-refractivity contribution in [2.45, 2.75) is 44.8 Å². The first kappa shape index (κ1) is 16.9. The van der Waals surface area contributed by atoms with Gasteiger partial charge in [-0.25, -0.2) is 4.39 Å². The SMILES string of the molecule is CCC1CC(O)CN1Oc1ccc(F)cc1CCc1ccccc1. The second kappa shape index (κ2) is 7.77. The van der Waals surface area contributed by atoms with Gasteiger partial charge in [0.2, 0.25) is 0 Å². The van der Waals surface area contributed by atoms with Gasteiger partial charge in [-0.15, -0.1) is 5.06 Å². The lowest BCUT2D eigenvalue weighted by Crippen LogP contribution is -2.33. The number of aryl methyl sites for hydroxylation is 2. The van der Waals surface area contributed by atoms with Crippen molar-refractivity contribution in [3.05, 3.63) is 65.5 Å². The minimum atomic E-state index is -0.358. The summed E-state index contributed by atoms with van der Waals surface area (Å²) < 4.78 is 13.7. The van der Waals surface area contributed by atoms with E-state index < -0.39 is 0 Å². The smallest absolute Gasteiger partial charge is 0.150 e. The lowest BCUT2D eigenvalue weighted by molar-refractivity contribution is -0.0769. The summed E-state index contributed by atoms with van der Waals surface area (Å²) in [6.07, 6.45) is 2.82. The van der Waals surface area contributed by atoms with Crippen LogP contribution in [0.4, 0.5) is 4.39 Å². The number of aliphatic hydroxyl groups excluding tert-OH is 1. The number of aliphatic hydroxyl groups is 1. The standard InChI is InChI=1S/C20H24FNO2/c1-2-18-13-19(23)14-22(18)24-20-11-10-17(21)12-16(20)9-8-15-6-4-3-5-7-15/h3-7,10-12,18-19,23H,2,8-9,13-14H2,1H3.